The van der Waals surface area contributed by atoms with Crippen LogP contribution in [0.2, 0.25) is 0 Å². The Labute approximate surface area is 205 Å². The molecule has 7 nitrogen and oxygen atoms in total. The number of hydrogen-bond acceptors (Lipinski definition) is 4. The number of aliphatic carboxylic acids is 1. The number of carbonyl (C=O) groups excluding carboxylic acids is 2. The van der Waals surface area contributed by atoms with E-state index >= 15 is 0 Å². The second-order valence-corrected chi connectivity index (χ2v) is 9.60. The number of rotatable bonds is 7. The molecule has 2 aromatic carbocycles. The lowest BCUT2D eigenvalue weighted by molar-refractivity contribution is -0.133. The van der Waals surface area contributed by atoms with Crippen molar-refractivity contribution in [2.24, 2.45) is 5.92 Å². The lowest BCUT2D eigenvalue weighted by Gasteiger charge is -2.40. The predicted molar refractivity (Wildman–Crippen MR) is 133 cm³/mol. The maximum absolute atomic E-state index is 12.9. The number of carboxylic acid groups (broad SMARTS) is 1. The molecule has 0 bridgehead atoms. The molecule has 0 aromatic heterocycles. The molecular formula is C28H32N2O5. The number of hydrogen-bond donors (Lipinski definition) is 3. The summed E-state index contributed by atoms with van der Waals surface area (Å²) in [6, 6.07) is 16.4. The number of ether oxygens (including phenoxy) is 1. The van der Waals surface area contributed by atoms with Gasteiger partial charge in [0.25, 0.3) is 0 Å². The average Bonchev–Trinajstić information content (AvgIpc) is 3.16. The first-order valence-electron chi connectivity index (χ1n) is 12.1. The molecule has 1 fully saturated rings. The molecule has 2 aromatic rings. The molecule has 0 saturated heterocycles. The van der Waals surface area contributed by atoms with Gasteiger partial charge in [0.05, 0.1) is 11.5 Å². The van der Waals surface area contributed by atoms with Crippen molar-refractivity contribution in [1.29, 1.82) is 0 Å². The fourth-order valence-electron chi connectivity index (χ4n) is 5.29. The van der Waals surface area contributed by atoms with Crippen molar-refractivity contribution in [3.8, 4) is 11.1 Å². The quantitative estimate of drug-likeness (QED) is 0.506. The highest BCUT2D eigenvalue weighted by Gasteiger charge is 2.42. The summed E-state index contributed by atoms with van der Waals surface area (Å²) in [6.45, 7) is 3.72. The molecular weight excluding hydrogens is 444 g/mol. The standard InChI is InChI=1S/C28H32N2O5/c1-18(26(32)33)14-16-29-25(31)24-13-7-8-15-28(24,2)30-27(34)35-17-23-21-11-5-3-9-19(21)20-10-4-6-12-22(20)23/h3-6,9-12,14,23-24H,7-8,13,15-17H2,1-2H3,(H,29,31)(H,30,34)(H,32,33)/b18-14+. The van der Waals surface area contributed by atoms with Gasteiger partial charge in [-0.15, -0.1) is 0 Å². The van der Waals surface area contributed by atoms with Crippen molar-refractivity contribution in [3.05, 3.63) is 71.3 Å². The monoisotopic (exact) mass is 476 g/mol. The van der Waals surface area contributed by atoms with Gasteiger partial charge < -0.3 is 20.5 Å². The number of benzene rings is 2. The van der Waals surface area contributed by atoms with Gasteiger partial charge in [-0.2, -0.15) is 0 Å². The summed E-state index contributed by atoms with van der Waals surface area (Å²) in [5, 5.41) is 14.8. The first-order valence-corrected chi connectivity index (χ1v) is 12.1. The largest absolute Gasteiger partial charge is 0.478 e. The Morgan fingerprint density at radius 3 is 2.31 bits per heavy atom. The Kier molecular flexibility index (Phi) is 7.24. The zero-order valence-electron chi connectivity index (χ0n) is 20.2. The molecule has 2 aliphatic rings. The van der Waals surface area contributed by atoms with Gasteiger partial charge in [-0.1, -0.05) is 67.4 Å². The fourth-order valence-corrected chi connectivity index (χ4v) is 5.29. The third kappa shape index (κ3) is 5.24. The summed E-state index contributed by atoms with van der Waals surface area (Å²) in [7, 11) is 0. The van der Waals surface area contributed by atoms with Crippen LogP contribution in [0.5, 0.6) is 0 Å². The number of carboxylic acids is 1. The molecule has 184 valence electrons. The van der Waals surface area contributed by atoms with Crippen molar-refractivity contribution in [2.45, 2.75) is 51.0 Å². The van der Waals surface area contributed by atoms with Crippen LogP contribution < -0.4 is 10.6 Å². The van der Waals surface area contributed by atoms with Crippen LogP contribution in [0.15, 0.2) is 60.2 Å². The molecule has 2 unspecified atom stereocenters. The number of amides is 2. The fraction of sp³-hybridized carbons (Fsp3) is 0.393. The number of fused-ring (bicyclic) bond motifs is 3. The SMILES string of the molecule is C/C(=C\CNC(=O)C1CCCCC1(C)NC(=O)OCC1c2ccccc2-c2ccccc21)C(=O)O. The van der Waals surface area contributed by atoms with Crippen LogP contribution in [-0.2, 0) is 14.3 Å². The normalized spacial score (nSPS) is 21.5. The Morgan fingerprint density at radius 2 is 1.69 bits per heavy atom. The number of nitrogens with one attached hydrogen (secondary N) is 2. The predicted octanol–water partition coefficient (Wildman–Crippen LogP) is 4.62. The van der Waals surface area contributed by atoms with E-state index < -0.39 is 23.5 Å². The molecule has 1 saturated carbocycles. The summed E-state index contributed by atoms with van der Waals surface area (Å²) < 4.78 is 5.72. The molecule has 0 radical (unpaired) electrons. The van der Waals surface area contributed by atoms with E-state index in [1.165, 1.54) is 24.1 Å². The van der Waals surface area contributed by atoms with Crippen LogP contribution in [-0.4, -0.2) is 41.8 Å². The molecule has 4 rings (SSSR count). The van der Waals surface area contributed by atoms with Crippen LogP contribution in [0.4, 0.5) is 4.79 Å². The molecule has 3 N–H and O–H groups in total. The van der Waals surface area contributed by atoms with Crippen molar-refractivity contribution < 1.29 is 24.2 Å². The second-order valence-electron chi connectivity index (χ2n) is 9.60. The Morgan fingerprint density at radius 1 is 1.06 bits per heavy atom. The van der Waals surface area contributed by atoms with Crippen molar-refractivity contribution in [3.63, 3.8) is 0 Å². The maximum Gasteiger partial charge on any atom is 0.407 e. The first kappa shape index (κ1) is 24.5. The summed E-state index contributed by atoms with van der Waals surface area (Å²) in [5.74, 6) is -1.66. The molecule has 0 heterocycles. The van der Waals surface area contributed by atoms with Gasteiger partial charge >= 0.3 is 12.1 Å². The van der Waals surface area contributed by atoms with Crippen LogP contribution in [0.3, 0.4) is 0 Å². The molecule has 2 aliphatic carbocycles. The third-order valence-electron chi connectivity index (χ3n) is 7.28. The van der Waals surface area contributed by atoms with Crippen molar-refractivity contribution >= 4 is 18.0 Å². The Hall–Kier alpha value is -3.61. The van der Waals surface area contributed by atoms with Crippen molar-refractivity contribution in [2.75, 3.05) is 13.2 Å². The van der Waals surface area contributed by atoms with Gasteiger partial charge in [-0.05, 0) is 48.9 Å². The molecule has 0 aliphatic heterocycles. The first-order chi connectivity index (χ1) is 16.8. The van der Waals surface area contributed by atoms with E-state index in [1.54, 1.807) is 0 Å². The van der Waals surface area contributed by atoms with E-state index in [0.29, 0.717) is 12.8 Å². The Balaban J connectivity index is 1.40. The van der Waals surface area contributed by atoms with E-state index in [0.717, 1.165) is 24.0 Å². The topological polar surface area (TPSA) is 105 Å². The van der Waals surface area contributed by atoms with Gasteiger partial charge in [0.1, 0.15) is 6.61 Å². The highest BCUT2D eigenvalue weighted by atomic mass is 16.5. The van der Waals surface area contributed by atoms with E-state index in [-0.39, 0.29) is 30.5 Å². The average molecular weight is 477 g/mol. The van der Waals surface area contributed by atoms with Crippen LogP contribution in [0.1, 0.15) is 56.6 Å². The van der Waals surface area contributed by atoms with Crippen LogP contribution >= 0.6 is 0 Å². The molecule has 7 heteroatoms. The highest BCUT2D eigenvalue weighted by molar-refractivity contribution is 5.86. The maximum atomic E-state index is 12.9. The summed E-state index contributed by atoms with van der Waals surface area (Å²) in [6.07, 6.45) is 4.05. The van der Waals surface area contributed by atoms with Crippen molar-refractivity contribution in [1.82, 2.24) is 10.6 Å². The summed E-state index contributed by atoms with van der Waals surface area (Å²) in [5.41, 5.74) is 4.06. The van der Waals surface area contributed by atoms with E-state index in [1.807, 2.05) is 31.2 Å². The van der Waals surface area contributed by atoms with Gasteiger partial charge in [0.2, 0.25) is 5.91 Å². The van der Waals surface area contributed by atoms with Gasteiger partial charge in [0, 0.05) is 18.0 Å². The minimum absolute atomic E-state index is 0.0318. The summed E-state index contributed by atoms with van der Waals surface area (Å²) >= 11 is 0. The second kappa shape index (κ2) is 10.3. The number of carbonyl (C=O) groups is 3. The van der Waals surface area contributed by atoms with Crippen LogP contribution in [0, 0.1) is 5.92 Å². The molecule has 2 atom stereocenters. The van der Waals surface area contributed by atoms with Gasteiger partial charge in [0.15, 0.2) is 0 Å². The number of alkyl carbamates (subject to hydrolysis) is 1. The van der Waals surface area contributed by atoms with Gasteiger partial charge in [-0.25, -0.2) is 9.59 Å². The molecule has 35 heavy (non-hydrogen) atoms. The summed E-state index contributed by atoms with van der Waals surface area (Å²) in [4.78, 5) is 36.8. The minimum atomic E-state index is -1.02. The van der Waals surface area contributed by atoms with E-state index in [4.69, 9.17) is 9.84 Å². The zero-order chi connectivity index (χ0) is 25.0. The highest BCUT2D eigenvalue weighted by Crippen LogP contribution is 2.44. The van der Waals surface area contributed by atoms with Crippen LogP contribution in [0.25, 0.3) is 11.1 Å². The Bertz CT molecular complexity index is 1110. The van der Waals surface area contributed by atoms with E-state index in [2.05, 4.69) is 34.9 Å². The lowest BCUT2D eigenvalue weighted by atomic mass is 9.73. The zero-order valence-corrected chi connectivity index (χ0v) is 20.2. The molecule has 2 amide bonds. The van der Waals surface area contributed by atoms with Gasteiger partial charge in [-0.3, -0.25) is 4.79 Å². The smallest absolute Gasteiger partial charge is 0.407 e. The van der Waals surface area contributed by atoms with E-state index in [9.17, 15) is 14.4 Å². The lowest BCUT2D eigenvalue weighted by Crippen LogP contribution is -2.57. The minimum Gasteiger partial charge on any atom is -0.478 e. The molecule has 0 spiro atoms. The third-order valence-corrected chi connectivity index (χ3v) is 7.28.